The molecule has 178 valence electrons. The number of nitrogens with zero attached hydrogens (tertiary/aromatic N) is 4. The number of pyridine rings is 1. The Labute approximate surface area is 201 Å². The van der Waals surface area contributed by atoms with Gasteiger partial charge in [-0.3, -0.25) is 9.59 Å². The number of rotatable bonds is 7. The van der Waals surface area contributed by atoms with E-state index in [1.54, 1.807) is 16.8 Å². The van der Waals surface area contributed by atoms with E-state index < -0.39 is 0 Å². The second-order valence-corrected chi connectivity index (χ2v) is 8.79. The molecule has 2 aromatic heterocycles. The molecular weight excluding hydrogens is 458 g/mol. The normalized spacial score (nSPS) is 15.9. The number of fused-ring (bicyclic) bond motifs is 1. The standard InChI is InChI=1S/C23H26ClN7O3/c1-25-20(32)13-34-19-11-14-10-15(2-5-18(14)31(22(19)33)16-3-4-16)28-21-17(24)12-27-23(29-21)30-8-6-26-7-9-30/h2,5,10-12,16,26H,3-4,6-9,13H2,1H3,(H,25,32)(H,27,28,29). The highest BCUT2D eigenvalue weighted by Gasteiger charge is 2.28. The zero-order valence-corrected chi connectivity index (χ0v) is 19.6. The van der Waals surface area contributed by atoms with E-state index in [-0.39, 0.29) is 29.9 Å². The second-order valence-electron chi connectivity index (χ2n) is 8.38. The van der Waals surface area contributed by atoms with Crippen LogP contribution in [0.25, 0.3) is 10.9 Å². The number of ether oxygens (including phenoxy) is 1. The molecule has 3 N–H and O–H groups in total. The van der Waals surface area contributed by atoms with Gasteiger partial charge in [0.2, 0.25) is 5.95 Å². The number of hydrogen-bond acceptors (Lipinski definition) is 8. The molecule has 11 heteroatoms. The maximum atomic E-state index is 13.0. The molecule has 1 amide bonds. The molecule has 1 aliphatic heterocycles. The zero-order valence-electron chi connectivity index (χ0n) is 18.8. The number of aromatic nitrogens is 3. The van der Waals surface area contributed by atoms with Crippen molar-refractivity contribution in [2.75, 3.05) is 50.1 Å². The number of anilines is 3. The first-order chi connectivity index (χ1) is 16.5. The molecule has 3 heterocycles. The van der Waals surface area contributed by atoms with Crippen molar-refractivity contribution in [2.45, 2.75) is 18.9 Å². The predicted molar refractivity (Wildman–Crippen MR) is 131 cm³/mol. The highest BCUT2D eigenvalue weighted by atomic mass is 35.5. The Morgan fingerprint density at radius 3 is 2.79 bits per heavy atom. The van der Waals surface area contributed by atoms with Gasteiger partial charge in [0.05, 0.1) is 11.7 Å². The van der Waals surface area contributed by atoms with Crippen LogP contribution in [0.1, 0.15) is 18.9 Å². The summed E-state index contributed by atoms with van der Waals surface area (Å²) in [5, 5.41) is 10.3. The van der Waals surface area contributed by atoms with Crippen LogP contribution in [-0.2, 0) is 4.79 Å². The molecule has 10 nitrogen and oxygen atoms in total. The van der Waals surface area contributed by atoms with E-state index in [1.807, 2.05) is 18.2 Å². The third kappa shape index (κ3) is 4.64. The first-order valence-corrected chi connectivity index (χ1v) is 11.7. The Balaban J connectivity index is 1.47. The lowest BCUT2D eigenvalue weighted by Gasteiger charge is -2.27. The number of nitrogens with one attached hydrogen (secondary N) is 3. The number of halogens is 1. The lowest BCUT2D eigenvalue weighted by Crippen LogP contribution is -2.44. The van der Waals surface area contributed by atoms with Gasteiger partial charge >= 0.3 is 0 Å². The summed E-state index contributed by atoms with van der Waals surface area (Å²) in [6.07, 6.45) is 3.49. The predicted octanol–water partition coefficient (Wildman–Crippen LogP) is 2.06. The van der Waals surface area contributed by atoms with Crippen LogP contribution < -0.4 is 31.1 Å². The largest absolute Gasteiger partial charge is 0.478 e. The summed E-state index contributed by atoms with van der Waals surface area (Å²) in [6.45, 7) is 3.20. The monoisotopic (exact) mass is 483 g/mol. The minimum atomic E-state index is -0.299. The number of carbonyl (C=O) groups is 1. The van der Waals surface area contributed by atoms with Gasteiger partial charge in [-0.1, -0.05) is 11.6 Å². The van der Waals surface area contributed by atoms with E-state index >= 15 is 0 Å². The number of carbonyl (C=O) groups excluding carboxylic acids is 1. The number of hydrogen-bond donors (Lipinski definition) is 3. The molecule has 3 aromatic rings. The van der Waals surface area contributed by atoms with E-state index in [0.717, 1.165) is 55.6 Å². The number of amides is 1. The molecule has 2 fully saturated rings. The summed E-state index contributed by atoms with van der Waals surface area (Å²) in [5.41, 5.74) is 1.36. The van der Waals surface area contributed by atoms with Crippen molar-refractivity contribution < 1.29 is 9.53 Å². The maximum absolute atomic E-state index is 13.0. The maximum Gasteiger partial charge on any atom is 0.293 e. The number of benzene rings is 1. The topological polar surface area (TPSA) is 113 Å². The molecule has 1 saturated heterocycles. The molecule has 34 heavy (non-hydrogen) atoms. The second kappa shape index (κ2) is 9.47. The van der Waals surface area contributed by atoms with Crippen LogP contribution in [0.4, 0.5) is 17.5 Å². The van der Waals surface area contributed by atoms with Gasteiger partial charge in [0.15, 0.2) is 18.2 Å². The minimum absolute atomic E-state index is 0.148. The van der Waals surface area contributed by atoms with Crippen LogP contribution in [0, 0.1) is 0 Å². The third-order valence-corrected chi connectivity index (χ3v) is 6.22. The Kier molecular flexibility index (Phi) is 6.25. The van der Waals surface area contributed by atoms with Crippen molar-refractivity contribution in [1.29, 1.82) is 0 Å². The van der Waals surface area contributed by atoms with E-state index in [4.69, 9.17) is 16.3 Å². The Hall–Kier alpha value is -3.37. The quantitative estimate of drug-likeness (QED) is 0.468. The molecule has 1 aliphatic carbocycles. The summed E-state index contributed by atoms with van der Waals surface area (Å²) >= 11 is 6.39. The fourth-order valence-electron chi connectivity index (χ4n) is 4.01. The van der Waals surface area contributed by atoms with Gasteiger partial charge in [0.25, 0.3) is 11.5 Å². The van der Waals surface area contributed by atoms with E-state index in [9.17, 15) is 9.59 Å². The number of likely N-dealkylation sites (N-methyl/N-ethyl adjacent to an activating group) is 1. The van der Waals surface area contributed by atoms with Crippen molar-refractivity contribution in [3.63, 3.8) is 0 Å². The van der Waals surface area contributed by atoms with E-state index in [0.29, 0.717) is 16.8 Å². The zero-order chi connectivity index (χ0) is 23.7. The van der Waals surface area contributed by atoms with Crippen LogP contribution >= 0.6 is 11.6 Å². The summed E-state index contributed by atoms with van der Waals surface area (Å²) < 4.78 is 7.32. The Bertz CT molecular complexity index is 1290. The summed E-state index contributed by atoms with van der Waals surface area (Å²) in [6, 6.07) is 7.55. The first kappa shape index (κ1) is 22.4. The minimum Gasteiger partial charge on any atom is -0.478 e. The van der Waals surface area contributed by atoms with E-state index in [1.165, 1.54) is 7.05 Å². The van der Waals surface area contributed by atoms with Gasteiger partial charge < -0.3 is 30.2 Å². The lowest BCUT2D eigenvalue weighted by molar-refractivity contribution is -0.122. The molecule has 0 atom stereocenters. The third-order valence-electron chi connectivity index (χ3n) is 5.95. The average Bonchev–Trinajstić information content (AvgIpc) is 3.69. The van der Waals surface area contributed by atoms with Gasteiger partial charge in [-0.05, 0) is 37.1 Å². The smallest absolute Gasteiger partial charge is 0.293 e. The average molecular weight is 484 g/mol. The SMILES string of the molecule is CNC(=O)COc1cc2cc(Nc3nc(N4CCNCC4)ncc3Cl)ccc2n(C2CC2)c1=O. The fraction of sp³-hybridized carbons (Fsp3) is 0.391. The summed E-state index contributed by atoms with van der Waals surface area (Å²) in [5.74, 6) is 0.991. The van der Waals surface area contributed by atoms with Crippen LogP contribution in [-0.4, -0.2) is 60.3 Å². The highest BCUT2D eigenvalue weighted by Crippen LogP contribution is 2.37. The lowest BCUT2D eigenvalue weighted by atomic mass is 10.1. The van der Waals surface area contributed by atoms with Crippen LogP contribution in [0.3, 0.4) is 0 Å². The molecular formula is C23H26ClN7O3. The van der Waals surface area contributed by atoms with Gasteiger partial charge in [-0.2, -0.15) is 4.98 Å². The van der Waals surface area contributed by atoms with Gasteiger partial charge in [0.1, 0.15) is 5.02 Å². The van der Waals surface area contributed by atoms with Crippen molar-refractivity contribution in [2.24, 2.45) is 0 Å². The van der Waals surface area contributed by atoms with Crippen molar-refractivity contribution in [1.82, 2.24) is 25.2 Å². The molecule has 1 aromatic carbocycles. The fourth-order valence-corrected chi connectivity index (χ4v) is 4.15. The Morgan fingerprint density at radius 2 is 2.06 bits per heavy atom. The highest BCUT2D eigenvalue weighted by molar-refractivity contribution is 6.32. The molecule has 2 aliphatic rings. The van der Waals surface area contributed by atoms with Crippen molar-refractivity contribution >= 4 is 45.9 Å². The summed E-state index contributed by atoms with van der Waals surface area (Å²) in [7, 11) is 1.53. The molecule has 5 rings (SSSR count). The van der Waals surface area contributed by atoms with E-state index in [2.05, 4.69) is 30.8 Å². The molecule has 1 saturated carbocycles. The van der Waals surface area contributed by atoms with Gasteiger partial charge in [0, 0.05) is 50.3 Å². The van der Waals surface area contributed by atoms with Gasteiger partial charge in [-0.15, -0.1) is 0 Å². The van der Waals surface area contributed by atoms with Crippen LogP contribution in [0.5, 0.6) is 5.75 Å². The molecule has 0 spiro atoms. The first-order valence-electron chi connectivity index (χ1n) is 11.3. The van der Waals surface area contributed by atoms with Crippen LogP contribution in [0.2, 0.25) is 5.02 Å². The number of piperazine rings is 1. The Morgan fingerprint density at radius 1 is 1.26 bits per heavy atom. The molecule has 0 bridgehead atoms. The van der Waals surface area contributed by atoms with Crippen molar-refractivity contribution in [3.05, 3.63) is 45.8 Å². The summed E-state index contributed by atoms with van der Waals surface area (Å²) in [4.78, 5) is 35.8. The van der Waals surface area contributed by atoms with Crippen LogP contribution in [0.15, 0.2) is 35.3 Å². The molecule has 0 unspecified atom stereocenters. The van der Waals surface area contributed by atoms with Crippen molar-refractivity contribution in [3.8, 4) is 5.75 Å². The molecule has 0 radical (unpaired) electrons. The van der Waals surface area contributed by atoms with Gasteiger partial charge in [-0.25, -0.2) is 4.98 Å².